The lowest BCUT2D eigenvalue weighted by Crippen LogP contribution is -1.94. The molecule has 17 heavy (non-hydrogen) atoms. The first-order valence-electron chi connectivity index (χ1n) is 6.54. The van der Waals surface area contributed by atoms with Crippen molar-refractivity contribution in [3.63, 3.8) is 0 Å². The second-order valence-corrected chi connectivity index (χ2v) is 4.37. The van der Waals surface area contributed by atoms with E-state index in [1.54, 1.807) is 12.2 Å². The highest BCUT2D eigenvalue weighted by Gasteiger charge is 2.00. The van der Waals surface area contributed by atoms with Gasteiger partial charge in [-0.3, -0.25) is 4.79 Å². The highest BCUT2D eigenvalue weighted by atomic mass is 16.1. The third-order valence-corrected chi connectivity index (χ3v) is 2.88. The lowest BCUT2D eigenvalue weighted by molar-refractivity contribution is 0.104. The number of carbonyl (C=O) groups excluding carboxylic acids is 1. The molecule has 0 aliphatic heterocycles. The van der Waals surface area contributed by atoms with Crippen molar-refractivity contribution in [3.05, 3.63) is 47.5 Å². The van der Waals surface area contributed by atoms with Crippen molar-refractivity contribution in [2.24, 2.45) is 0 Å². The predicted octanol–water partition coefficient (Wildman–Crippen LogP) is 4.57. The third-order valence-electron chi connectivity index (χ3n) is 2.88. The average molecular weight is 230 g/mol. The Hall–Kier alpha value is -1.37. The number of rotatable bonds is 7. The summed E-state index contributed by atoms with van der Waals surface area (Å²) < 4.78 is 0. The van der Waals surface area contributed by atoms with Crippen molar-refractivity contribution in [2.45, 2.75) is 46.0 Å². The van der Waals surface area contributed by atoms with Crippen molar-refractivity contribution in [1.29, 1.82) is 0 Å². The van der Waals surface area contributed by atoms with Gasteiger partial charge in [0.05, 0.1) is 0 Å². The molecule has 0 amide bonds. The lowest BCUT2D eigenvalue weighted by Gasteiger charge is -2.02. The van der Waals surface area contributed by atoms with E-state index >= 15 is 0 Å². The maximum Gasteiger partial charge on any atom is 0.185 e. The molecule has 0 atom stereocenters. The number of hydrogen-bond donors (Lipinski definition) is 0. The van der Waals surface area contributed by atoms with E-state index in [0.717, 1.165) is 12.0 Å². The number of unbranched alkanes of at least 4 members (excludes halogenated alkanes) is 3. The Morgan fingerprint density at radius 3 is 2.41 bits per heavy atom. The molecule has 0 saturated carbocycles. The minimum Gasteiger partial charge on any atom is -0.289 e. The number of hydrogen-bond acceptors (Lipinski definition) is 1. The number of allylic oxidation sites excluding steroid dienone is 2. The molecule has 0 saturated heterocycles. The highest BCUT2D eigenvalue weighted by Crippen LogP contribution is 2.10. The van der Waals surface area contributed by atoms with E-state index in [0.29, 0.717) is 0 Å². The minimum absolute atomic E-state index is 0.0880. The van der Waals surface area contributed by atoms with Crippen LogP contribution in [0.2, 0.25) is 0 Å². The molecule has 1 aromatic rings. The molecule has 0 N–H and O–H groups in total. The maximum absolute atomic E-state index is 11.6. The Balaban J connectivity index is 2.47. The number of benzene rings is 1. The summed E-state index contributed by atoms with van der Waals surface area (Å²) in [7, 11) is 0. The summed E-state index contributed by atoms with van der Waals surface area (Å²) in [4.78, 5) is 11.6. The Morgan fingerprint density at radius 1 is 1.12 bits per heavy atom. The van der Waals surface area contributed by atoms with Gasteiger partial charge in [-0.05, 0) is 31.4 Å². The quantitative estimate of drug-likeness (QED) is 0.381. The SMILES string of the molecule is CC=CC(=O)c1ccc(CCCCCC)cc1. The minimum atomic E-state index is 0.0880. The van der Waals surface area contributed by atoms with Gasteiger partial charge < -0.3 is 0 Å². The molecule has 0 aliphatic rings. The van der Waals surface area contributed by atoms with Crippen LogP contribution >= 0.6 is 0 Å². The summed E-state index contributed by atoms with van der Waals surface area (Å²) >= 11 is 0. The van der Waals surface area contributed by atoms with Crippen molar-refractivity contribution in [1.82, 2.24) is 0 Å². The van der Waals surface area contributed by atoms with Gasteiger partial charge in [-0.25, -0.2) is 0 Å². The van der Waals surface area contributed by atoms with E-state index in [1.165, 1.54) is 31.2 Å². The van der Waals surface area contributed by atoms with Gasteiger partial charge in [-0.1, -0.05) is 56.5 Å². The van der Waals surface area contributed by atoms with Crippen molar-refractivity contribution in [3.8, 4) is 0 Å². The Morgan fingerprint density at radius 2 is 1.82 bits per heavy atom. The second-order valence-electron chi connectivity index (χ2n) is 4.37. The molecule has 0 heterocycles. The first-order chi connectivity index (χ1) is 8.27. The van der Waals surface area contributed by atoms with Crippen molar-refractivity contribution < 1.29 is 4.79 Å². The normalized spacial score (nSPS) is 10.9. The number of aryl methyl sites for hydroxylation is 1. The maximum atomic E-state index is 11.6. The molecule has 0 bridgehead atoms. The van der Waals surface area contributed by atoms with Crippen LogP contribution in [0.3, 0.4) is 0 Å². The summed E-state index contributed by atoms with van der Waals surface area (Å²) in [6, 6.07) is 8.00. The zero-order valence-corrected chi connectivity index (χ0v) is 10.9. The lowest BCUT2D eigenvalue weighted by atomic mass is 10.0. The zero-order valence-electron chi connectivity index (χ0n) is 10.9. The van der Waals surface area contributed by atoms with Crippen LogP contribution in [-0.2, 0) is 6.42 Å². The fourth-order valence-electron chi connectivity index (χ4n) is 1.84. The Bertz CT molecular complexity index is 360. The standard InChI is InChI=1S/C16H22O/c1-3-5-6-7-9-14-10-12-15(13-11-14)16(17)8-4-2/h4,8,10-13H,3,5-7,9H2,1-2H3. The monoisotopic (exact) mass is 230 g/mol. The summed E-state index contributed by atoms with van der Waals surface area (Å²) in [6.45, 7) is 4.08. The Labute approximate surface area is 105 Å². The van der Waals surface area contributed by atoms with Gasteiger partial charge in [0.2, 0.25) is 0 Å². The van der Waals surface area contributed by atoms with Crippen LogP contribution in [0.4, 0.5) is 0 Å². The summed E-state index contributed by atoms with van der Waals surface area (Å²) in [5.41, 5.74) is 2.11. The van der Waals surface area contributed by atoms with Gasteiger partial charge in [0.1, 0.15) is 0 Å². The van der Waals surface area contributed by atoms with Crippen LogP contribution in [-0.4, -0.2) is 5.78 Å². The van der Waals surface area contributed by atoms with Crippen LogP contribution < -0.4 is 0 Å². The molecule has 1 heteroatoms. The average Bonchev–Trinajstić information content (AvgIpc) is 2.36. The van der Waals surface area contributed by atoms with Gasteiger partial charge in [-0.15, -0.1) is 0 Å². The largest absolute Gasteiger partial charge is 0.289 e. The van der Waals surface area contributed by atoms with Gasteiger partial charge in [-0.2, -0.15) is 0 Å². The van der Waals surface area contributed by atoms with E-state index in [4.69, 9.17) is 0 Å². The highest BCUT2D eigenvalue weighted by molar-refractivity contribution is 6.04. The Kier molecular flexibility index (Phi) is 6.31. The molecule has 1 nitrogen and oxygen atoms in total. The topological polar surface area (TPSA) is 17.1 Å². The van der Waals surface area contributed by atoms with Gasteiger partial charge in [0.15, 0.2) is 5.78 Å². The van der Waals surface area contributed by atoms with Crippen LogP contribution in [0.25, 0.3) is 0 Å². The van der Waals surface area contributed by atoms with E-state index in [1.807, 2.05) is 19.1 Å². The van der Waals surface area contributed by atoms with E-state index in [-0.39, 0.29) is 5.78 Å². The molecule has 0 fully saturated rings. The number of ketones is 1. The third kappa shape index (κ3) is 4.99. The van der Waals surface area contributed by atoms with Gasteiger partial charge in [0.25, 0.3) is 0 Å². The first-order valence-corrected chi connectivity index (χ1v) is 6.54. The van der Waals surface area contributed by atoms with Crippen molar-refractivity contribution >= 4 is 5.78 Å². The van der Waals surface area contributed by atoms with Crippen LogP contribution in [0, 0.1) is 0 Å². The van der Waals surface area contributed by atoms with Gasteiger partial charge in [0, 0.05) is 5.56 Å². The molecule has 0 aromatic heterocycles. The fourth-order valence-corrected chi connectivity index (χ4v) is 1.84. The van der Waals surface area contributed by atoms with Crippen LogP contribution in [0.15, 0.2) is 36.4 Å². The second kappa shape index (κ2) is 7.83. The predicted molar refractivity (Wildman–Crippen MR) is 73.4 cm³/mol. The zero-order chi connectivity index (χ0) is 12.5. The summed E-state index contributed by atoms with van der Waals surface area (Å²) in [5.74, 6) is 0.0880. The molecule has 1 aromatic carbocycles. The van der Waals surface area contributed by atoms with E-state index in [2.05, 4.69) is 19.1 Å². The summed E-state index contributed by atoms with van der Waals surface area (Å²) in [6.07, 6.45) is 9.65. The molecule has 92 valence electrons. The first kappa shape index (κ1) is 13.7. The fraction of sp³-hybridized carbons (Fsp3) is 0.438. The molecule has 0 spiro atoms. The molecular formula is C16H22O. The van der Waals surface area contributed by atoms with Crippen LogP contribution in [0.1, 0.15) is 55.5 Å². The molecule has 0 unspecified atom stereocenters. The van der Waals surface area contributed by atoms with E-state index in [9.17, 15) is 4.79 Å². The molecular weight excluding hydrogens is 208 g/mol. The van der Waals surface area contributed by atoms with Crippen LogP contribution in [0.5, 0.6) is 0 Å². The van der Waals surface area contributed by atoms with Crippen molar-refractivity contribution in [2.75, 3.05) is 0 Å². The molecule has 0 radical (unpaired) electrons. The van der Waals surface area contributed by atoms with E-state index < -0.39 is 0 Å². The molecule has 0 aliphatic carbocycles. The number of carbonyl (C=O) groups is 1. The smallest absolute Gasteiger partial charge is 0.185 e. The summed E-state index contributed by atoms with van der Waals surface area (Å²) in [5, 5.41) is 0. The molecule has 1 rings (SSSR count). The van der Waals surface area contributed by atoms with Gasteiger partial charge >= 0.3 is 0 Å².